The van der Waals surface area contributed by atoms with Crippen LogP contribution in [0.2, 0.25) is 0 Å². The summed E-state index contributed by atoms with van der Waals surface area (Å²) < 4.78 is 4.74. The SMILES string of the molecule is CC1(C)c2ccccc2-c2cc(N(c3ccc(-c4ccccc4)cc3)c3ccc4c(c3)c3ccc5c(ccn5-c5ccccc5)c3n4-c3ccccc3)ccc21. The topological polar surface area (TPSA) is 13.1 Å². The smallest absolute Gasteiger partial charge is 0.0635 e. The van der Waals surface area contributed by atoms with Crippen LogP contribution in [0.25, 0.3) is 66.3 Å². The van der Waals surface area contributed by atoms with Gasteiger partial charge in [-0.25, -0.2) is 0 Å². The van der Waals surface area contributed by atoms with Gasteiger partial charge in [0.15, 0.2) is 0 Å². The predicted octanol–water partition coefficient (Wildman–Crippen LogP) is 14.2. The van der Waals surface area contributed by atoms with Gasteiger partial charge < -0.3 is 14.0 Å². The lowest BCUT2D eigenvalue weighted by molar-refractivity contribution is 0.660. The minimum atomic E-state index is -0.0599. The van der Waals surface area contributed by atoms with Crippen molar-refractivity contribution in [3.8, 4) is 33.6 Å². The molecule has 2 aromatic heterocycles. The van der Waals surface area contributed by atoms with Crippen molar-refractivity contribution in [1.29, 1.82) is 0 Å². The Morgan fingerprint density at radius 2 is 1.00 bits per heavy atom. The summed E-state index contributed by atoms with van der Waals surface area (Å²) in [5.41, 5.74) is 17.0. The van der Waals surface area contributed by atoms with Gasteiger partial charge >= 0.3 is 0 Å². The molecule has 0 N–H and O–H groups in total. The molecule has 11 rings (SSSR count). The molecule has 266 valence electrons. The Bertz CT molecular complexity index is 3080. The number of nitrogens with zero attached hydrogens (tertiary/aromatic N) is 3. The van der Waals surface area contributed by atoms with Crippen LogP contribution in [0.1, 0.15) is 25.0 Å². The zero-order chi connectivity index (χ0) is 37.4. The van der Waals surface area contributed by atoms with Gasteiger partial charge in [-0.05, 0) is 112 Å². The van der Waals surface area contributed by atoms with Crippen molar-refractivity contribution in [3.05, 3.63) is 211 Å². The average Bonchev–Trinajstić information content (AvgIpc) is 3.91. The zero-order valence-electron chi connectivity index (χ0n) is 31.4. The van der Waals surface area contributed by atoms with Crippen LogP contribution in [0.5, 0.6) is 0 Å². The van der Waals surface area contributed by atoms with E-state index in [4.69, 9.17) is 0 Å². The number of fused-ring (bicyclic) bond motifs is 8. The van der Waals surface area contributed by atoms with Gasteiger partial charge in [-0.3, -0.25) is 0 Å². The van der Waals surface area contributed by atoms with Crippen LogP contribution >= 0.6 is 0 Å². The zero-order valence-corrected chi connectivity index (χ0v) is 31.4. The van der Waals surface area contributed by atoms with E-state index < -0.39 is 0 Å². The van der Waals surface area contributed by atoms with Crippen molar-refractivity contribution in [2.75, 3.05) is 4.90 Å². The average molecular weight is 718 g/mol. The van der Waals surface area contributed by atoms with Gasteiger partial charge in [0.2, 0.25) is 0 Å². The van der Waals surface area contributed by atoms with E-state index in [2.05, 4.69) is 228 Å². The Morgan fingerprint density at radius 3 is 1.77 bits per heavy atom. The molecule has 0 bridgehead atoms. The number of rotatable bonds is 6. The molecule has 3 nitrogen and oxygen atoms in total. The van der Waals surface area contributed by atoms with E-state index in [0.29, 0.717) is 0 Å². The maximum Gasteiger partial charge on any atom is 0.0635 e. The first-order valence-corrected chi connectivity index (χ1v) is 19.4. The highest BCUT2D eigenvalue weighted by molar-refractivity contribution is 6.19. The molecule has 2 heterocycles. The van der Waals surface area contributed by atoms with Crippen LogP contribution < -0.4 is 4.90 Å². The maximum atomic E-state index is 2.44. The summed E-state index contributed by atoms with van der Waals surface area (Å²) in [7, 11) is 0. The highest BCUT2D eigenvalue weighted by Crippen LogP contribution is 2.51. The second kappa shape index (κ2) is 12.5. The van der Waals surface area contributed by atoms with Crippen LogP contribution in [0, 0.1) is 0 Å². The molecule has 0 saturated carbocycles. The van der Waals surface area contributed by atoms with Gasteiger partial charge in [0.25, 0.3) is 0 Å². The molecule has 1 aliphatic carbocycles. The number of aromatic nitrogens is 2. The minimum Gasteiger partial charge on any atom is -0.316 e. The van der Waals surface area contributed by atoms with Crippen molar-refractivity contribution in [2.45, 2.75) is 19.3 Å². The first-order valence-electron chi connectivity index (χ1n) is 19.4. The van der Waals surface area contributed by atoms with Crippen LogP contribution in [-0.2, 0) is 5.41 Å². The van der Waals surface area contributed by atoms with E-state index in [1.165, 1.54) is 66.1 Å². The molecule has 0 amide bonds. The number of hydrogen-bond acceptors (Lipinski definition) is 1. The Balaban J connectivity index is 1.14. The standard InChI is InChI=1S/C53H39N3/c1-53(2)48-21-13-12-20-43(48)46-34-41(26-29-49(46)53)55(40-24-22-37(23-25-40)36-14-6-3-7-15-36)42-27-30-51-47(35-42)44-28-31-50-45(32-33-54(50)38-16-8-4-9-17-38)52(44)56(51)39-18-10-5-11-19-39/h3-35H,1-2H3. The van der Waals surface area contributed by atoms with E-state index in [1.54, 1.807) is 0 Å². The van der Waals surface area contributed by atoms with E-state index in [9.17, 15) is 0 Å². The Kier molecular flexibility index (Phi) is 7.20. The van der Waals surface area contributed by atoms with E-state index in [0.717, 1.165) is 28.4 Å². The second-order valence-electron chi connectivity index (χ2n) is 15.4. The Hall–Kier alpha value is -7.10. The lowest BCUT2D eigenvalue weighted by Crippen LogP contribution is -2.15. The summed E-state index contributed by atoms with van der Waals surface area (Å²) in [5.74, 6) is 0. The van der Waals surface area contributed by atoms with Gasteiger partial charge in [0.05, 0.1) is 16.6 Å². The fraction of sp³-hybridized carbons (Fsp3) is 0.0566. The van der Waals surface area contributed by atoms with E-state index >= 15 is 0 Å². The Labute approximate surface area is 327 Å². The van der Waals surface area contributed by atoms with Gasteiger partial charge in [-0.15, -0.1) is 0 Å². The second-order valence-corrected chi connectivity index (χ2v) is 15.4. The Morgan fingerprint density at radius 1 is 0.411 bits per heavy atom. The minimum absolute atomic E-state index is 0.0599. The monoisotopic (exact) mass is 717 g/mol. The summed E-state index contributed by atoms with van der Waals surface area (Å²) in [6.45, 7) is 4.69. The largest absolute Gasteiger partial charge is 0.316 e. The van der Waals surface area contributed by atoms with Crippen molar-refractivity contribution in [1.82, 2.24) is 9.13 Å². The van der Waals surface area contributed by atoms with E-state index in [-0.39, 0.29) is 5.41 Å². The lowest BCUT2D eigenvalue weighted by atomic mass is 9.82. The first-order chi connectivity index (χ1) is 27.5. The third-order valence-corrected chi connectivity index (χ3v) is 11.9. The molecule has 0 saturated heterocycles. The van der Waals surface area contributed by atoms with Crippen molar-refractivity contribution < 1.29 is 0 Å². The van der Waals surface area contributed by atoms with E-state index in [1.807, 2.05) is 0 Å². The van der Waals surface area contributed by atoms with Gasteiger partial charge in [0, 0.05) is 56.2 Å². The number of anilines is 3. The van der Waals surface area contributed by atoms with Crippen molar-refractivity contribution in [3.63, 3.8) is 0 Å². The molecule has 0 spiro atoms. The summed E-state index contributed by atoms with van der Waals surface area (Å²) >= 11 is 0. The molecule has 0 aliphatic heterocycles. The summed E-state index contributed by atoms with van der Waals surface area (Å²) in [4.78, 5) is 2.43. The first kappa shape index (κ1) is 32.3. The molecule has 0 radical (unpaired) electrons. The number of para-hydroxylation sites is 2. The van der Waals surface area contributed by atoms with Crippen LogP contribution in [0.3, 0.4) is 0 Å². The highest BCUT2D eigenvalue weighted by Gasteiger charge is 2.35. The highest BCUT2D eigenvalue weighted by atomic mass is 15.1. The lowest BCUT2D eigenvalue weighted by Gasteiger charge is -2.27. The van der Waals surface area contributed by atoms with Gasteiger partial charge in [0.1, 0.15) is 0 Å². The molecule has 56 heavy (non-hydrogen) atoms. The molecular weight excluding hydrogens is 679 g/mol. The van der Waals surface area contributed by atoms with Crippen LogP contribution in [0.4, 0.5) is 17.1 Å². The molecular formula is C53H39N3. The normalized spacial score (nSPS) is 13.0. The summed E-state index contributed by atoms with van der Waals surface area (Å²) in [5, 5.41) is 3.67. The molecule has 0 atom stereocenters. The quantitative estimate of drug-likeness (QED) is 0.167. The molecule has 1 aliphatic rings. The fourth-order valence-electron chi connectivity index (χ4n) is 9.24. The molecule has 3 heteroatoms. The summed E-state index contributed by atoms with van der Waals surface area (Å²) in [6, 6.07) is 70.9. The molecule has 10 aromatic rings. The van der Waals surface area contributed by atoms with Crippen LogP contribution in [0.15, 0.2) is 200 Å². The molecule has 0 unspecified atom stereocenters. The number of benzene rings is 8. The third-order valence-electron chi connectivity index (χ3n) is 11.9. The van der Waals surface area contributed by atoms with Gasteiger partial charge in [-0.1, -0.05) is 129 Å². The molecule has 0 fully saturated rings. The molecule has 8 aromatic carbocycles. The van der Waals surface area contributed by atoms with Crippen molar-refractivity contribution >= 4 is 49.8 Å². The fourth-order valence-corrected chi connectivity index (χ4v) is 9.24. The predicted molar refractivity (Wildman–Crippen MR) is 235 cm³/mol. The third kappa shape index (κ3) is 4.91. The van der Waals surface area contributed by atoms with Crippen molar-refractivity contribution in [2.24, 2.45) is 0 Å². The van der Waals surface area contributed by atoms with Gasteiger partial charge in [-0.2, -0.15) is 0 Å². The summed E-state index contributed by atoms with van der Waals surface area (Å²) in [6.07, 6.45) is 2.20. The van der Waals surface area contributed by atoms with Crippen LogP contribution in [-0.4, -0.2) is 9.13 Å². The number of hydrogen-bond donors (Lipinski definition) is 0. The maximum absolute atomic E-state index is 2.44.